The second-order valence-corrected chi connectivity index (χ2v) is 19.5. The summed E-state index contributed by atoms with van der Waals surface area (Å²) in [4.78, 5) is 68.9. The molecule has 3 aliphatic heterocycles. The number of esters is 1. The number of carbonyl (C=O) groups excluding carboxylic acids is 4. The zero-order chi connectivity index (χ0) is 52.8. The highest BCUT2D eigenvalue weighted by Gasteiger charge is 2.76. The van der Waals surface area contributed by atoms with Crippen molar-refractivity contribution in [2.75, 3.05) is 38.3 Å². The number of para-hydroxylation sites is 1. The van der Waals surface area contributed by atoms with Gasteiger partial charge < -0.3 is 30.3 Å². The summed E-state index contributed by atoms with van der Waals surface area (Å²) in [5.74, 6) is 3.02. The van der Waals surface area contributed by atoms with Gasteiger partial charge in [0.15, 0.2) is 0 Å². The van der Waals surface area contributed by atoms with Crippen LogP contribution in [0.4, 0.5) is 10.5 Å². The molecule has 8 atom stereocenters. The fraction of sp³-hybridized carbons (Fsp3) is 0.238. The lowest BCUT2D eigenvalue weighted by molar-refractivity contribution is -0.178. The molecule has 4 N–H and O–H groups in total. The molecule has 1 spiro atoms. The summed E-state index contributed by atoms with van der Waals surface area (Å²) in [7, 11) is 1.98. The largest absolute Gasteiger partial charge is 0.491 e. The molecule has 384 valence electrons. The molecule has 2 fully saturated rings. The number of nitrogens with one attached hydrogen (secondary N) is 2. The van der Waals surface area contributed by atoms with Gasteiger partial charge in [0, 0.05) is 24.2 Å². The molecule has 0 saturated carbocycles. The third-order valence-corrected chi connectivity index (χ3v) is 14.7. The molecule has 4 amide bonds. The van der Waals surface area contributed by atoms with Gasteiger partial charge in [0.25, 0.3) is 0 Å². The van der Waals surface area contributed by atoms with Gasteiger partial charge in [-0.1, -0.05) is 182 Å². The first-order valence-corrected chi connectivity index (χ1v) is 25.6. The Morgan fingerprint density at radius 3 is 2.04 bits per heavy atom. The summed E-state index contributed by atoms with van der Waals surface area (Å²) >= 11 is 0. The lowest BCUT2D eigenvalue weighted by Gasteiger charge is -2.46. The van der Waals surface area contributed by atoms with Crippen LogP contribution in [0.3, 0.4) is 0 Å². The molecule has 3 aliphatic rings. The summed E-state index contributed by atoms with van der Waals surface area (Å²) in [6, 6.07) is 54.5. The number of anilines is 1. The summed E-state index contributed by atoms with van der Waals surface area (Å²) in [6.45, 7) is 2.12. The first kappa shape index (κ1) is 51.1. The number of aliphatic hydroxyl groups is 2. The highest BCUT2D eigenvalue weighted by molar-refractivity contribution is 6.24. The Balaban J connectivity index is 1.22. The van der Waals surface area contributed by atoms with Crippen LogP contribution in [0, 0.1) is 17.8 Å². The van der Waals surface area contributed by atoms with E-state index in [0.29, 0.717) is 35.3 Å². The monoisotopic (exact) mass is 1010 g/mol. The number of carbonyl (C=O) groups is 4. The van der Waals surface area contributed by atoms with E-state index in [2.05, 4.69) is 39.5 Å². The predicted molar refractivity (Wildman–Crippen MR) is 288 cm³/mol. The molecule has 0 unspecified atom stereocenters. The van der Waals surface area contributed by atoms with Crippen molar-refractivity contribution >= 4 is 29.5 Å². The molecule has 0 bridgehead atoms. The van der Waals surface area contributed by atoms with Gasteiger partial charge in [0.05, 0.1) is 49.0 Å². The zero-order valence-electron chi connectivity index (χ0n) is 42.2. The van der Waals surface area contributed by atoms with E-state index >= 15 is 19.2 Å². The van der Waals surface area contributed by atoms with Crippen LogP contribution in [0.15, 0.2) is 194 Å². The van der Waals surface area contributed by atoms with Crippen molar-refractivity contribution < 1.29 is 38.9 Å². The Hall–Kier alpha value is -8.38. The van der Waals surface area contributed by atoms with Crippen molar-refractivity contribution in [3.05, 3.63) is 239 Å². The van der Waals surface area contributed by atoms with E-state index < -0.39 is 71.5 Å². The standard InChI is InChI=1S/C63H59N5O8/c1-42(45-24-10-4-11-25-45)65-62(74)67-51-35-34-43(23-20-36-66(2)41-44-21-8-3-9-22-44)39-50(51)63(61(67)73)54(59(71)64-40-52(70)46-26-12-5-13-27-46)56-60(72)76-57(48-30-16-7-17-31-48)55(47-28-14-6-15-29-47)68(56)58(63)49-32-18-19-33-53(49)75-38-37-69/h3-19,21-22,24-35,39,42,52,54-58,69-70H,36-38,40-41H2,1-2H3,(H,64,71)(H,65,74)/t42-,52+,54+,55+,56+,57-,58-,63+/m1/s1. The lowest BCUT2D eigenvalue weighted by Crippen LogP contribution is -2.56. The van der Waals surface area contributed by atoms with E-state index in [-0.39, 0.29) is 36.8 Å². The Labute approximate surface area is 442 Å². The SMILES string of the molecule is C[C@@H](NC(=O)N1C(=O)[C@@]2(c3cc(C#CCN(C)Cc4ccccc4)ccc31)[C@H](C(=O)NC[C@H](O)c1ccccc1)[C@H]1C(=O)O[C@H](c3ccccc3)[C@H](c3ccccc3)N1[C@@H]2c1ccccc1OCCO)c1ccccc1. The number of nitrogens with zero attached hydrogens (tertiary/aromatic N) is 3. The van der Waals surface area contributed by atoms with Gasteiger partial charge >= 0.3 is 12.0 Å². The third kappa shape index (κ3) is 9.87. The fourth-order valence-electron chi connectivity index (χ4n) is 11.4. The quantitative estimate of drug-likeness (QED) is 0.0579. The Morgan fingerprint density at radius 2 is 1.37 bits per heavy atom. The van der Waals surface area contributed by atoms with Crippen LogP contribution in [0.5, 0.6) is 5.75 Å². The van der Waals surface area contributed by atoms with Gasteiger partial charge in [-0.2, -0.15) is 0 Å². The first-order valence-electron chi connectivity index (χ1n) is 25.6. The Bertz CT molecular complexity index is 3250. The molecule has 13 nitrogen and oxygen atoms in total. The number of fused-ring (bicyclic) bond motifs is 3. The molecule has 76 heavy (non-hydrogen) atoms. The van der Waals surface area contributed by atoms with Crippen molar-refractivity contribution in [2.45, 2.75) is 55.3 Å². The Kier molecular flexibility index (Phi) is 15.2. The van der Waals surface area contributed by atoms with Crippen LogP contribution in [-0.4, -0.2) is 83.2 Å². The number of rotatable bonds is 15. The number of hydrogen-bond donors (Lipinski definition) is 4. The van der Waals surface area contributed by atoms with Gasteiger partial charge in [-0.15, -0.1) is 0 Å². The molecule has 0 aromatic heterocycles. The van der Waals surface area contributed by atoms with Crippen LogP contribution >= 0.6 is 0 Å². The molecule has 0 aliphatic carbocycles. The summed E-state index contributed by atoms with van der Waals surface area (Å²) in [5, 5.41) is 27.9. The summed E-state index contributed by atoms with van der Waals surface area (Å²) < 4.78 is 13.0. The highest BCUT2D eigenvalue weighted by atomic mass is 16.6. The molecule has 3 heterocycles. The smallest absolute Gasteiger partial charge is 0.329 e. The number of cyclic esters (lactones) is 1. The molecule has 2 saturated heterocycles. The van der Waals surface area contributed by atoms with E-state index in [1.807, 2.05) is 134 Å². The normalized spacial score (nSPS) is 21.4. The lowest BCUT2D eigenvalue weighted by atomic mass is 9.65. The van der Waals surface area contributed by atoms with Crippen molar-refractivity contribution in [3.63, 3.8) is 0 Å². The fourth-order valence-corrected chi connectivity index (χ4v) is 11.4. The van der Waals surface area contributed by atoms with Crippen LogP contribution in [-0.2, 0) is 31.1 Å². The number of amides is 4. The maximum atomic E-state index is 16.9. The van der Waals surface area contributed by atoms with Crippen molar-refractivity contribution in [1.29, 1.82) is 0 Å². The second kappa shape index (κ2) is 22.6. The molecule has 10 rings (SSSR count). The van der Waals surface area contributed by atoms with Crippen molar-refractivity contribution in [3.8, 4) is 17.6 Å². The van der Waals surface area contributed by atoms with E-state index in [4.69, 9.17) is 9.47 Å². The van der Waals surface area contributed by atoms with Crippen LogP contribution in [0.25, 0.3) is 0 Å². The summed E-state index contributed by atoms with van der Waals surface area (Å²) in [5.41, 5.74) is 3.10. The molecular formula is C63H59N5O8. The van der Waals surface area contributed by atoms with E-state index in [9.17, 15) is 10.2 Å². The number of morpholine rings is 1. The summed E-state index contributed by atoms with van der Waals surface area (Å²) in [6.07, 6.45) is -2.14. The molecule has 0 radical (unpaired) electrons. The van der Waals surface area contributed by atoms with Crippen LogP contribution in [0.1, 0.15) is 81.8 Å². The van der Waals surface area contributed by atoms with Gasteiger partial charge in [-0.05, 0) is 71.6 Å². The maximum Gasteiger partial charge on any atom is 0.329 e. The van der Waals surface area contributed by atoms with Gasteiger partial charge in [0.1, 0.15) is 29.9 Å². The van der Waals surface area contributed by atoms with Crippen molar-refractivity contribution in [1.82, 2.24) is 20.4 Å². The number of ether oxygens (including phenoxy) is 2. The molecular weight excluding hydrogens is 955 g/mol. The predicted octanol–water partition coefficient (Wildman–Crippen LogP) is 8.53. The van der Waals surface area contributed by atoms with Gasteiger partial charge in [0.2, 0.25) is 11.8 Å². The minimum absolute atomic E-state index is 0.118. The van der Waals surface area contributed by atoms with E-state index in [0.717, 1.165) is 21.6 Å². The minimum atomic E-state index is -2.13. The molecule has 13 heteroatoms. The number of aliphatic hydroxyl groups excluding tert-OH is 2. The Morgan fingerprint density at radius 1 is 0.763 bits per heavy atom. The highest BCUT2D eigenvalue weighted by Crippen LogP contribution is 2.66. The van der Waals surface area contributed by atoms with Gasteiger partial charge in [-0.25, -0.2) is 9.69 Å². The van der Waals surface area contributed by atoms with E-state index in [1.165, 1.54) is 0 Å². The molecule has 7 aromatic carbocycles. The van der Waals surface area contributed by atoms with E-state index in [1.54, 1.807) is 66.7 Å². The average molecular weight is 1010 g/mol. The molecule has 7 aromatic rings. The van der Waals surface area contributed by atoms with Crippen molar-refractivity contribution in [2.24, 2.45) is 5.92 Å². The third-order valence-electron chi connectivity index (χ3n) is 14.7. The van der Waals surface area contributed by atoms with Gasteiger partial charge in [-0.3, -0.25) is 24.2 Å². The number of hydrogen-bond acceptors (Lipinski definition) is 10. The van der Waals surface area contributed by atoms with Crippen LogP contribution < -0.4 is 20.3 Å². The number of urea groups is 1. The first-order chi connectivity index (χ1) is 37.1. The maximum absolute atomic E-state index is 16.9. The number of imide groups is 1. The zero-order valence-corrected chi connectivity index (χ0v) is 42.2. The number of benzene rings is 7. The second-order valence-electron chi connectivity index (χ2n) is 19.5. The topological polar surface area (TPSA) is 161 Å². The van der Waals surface area contributed by atoms with Crippen LogP contribution in [0.2, 0.25) is 0 Å². The minimum Gasteiger partial charge on any atom is -0.491 e. The average Bonchev–Trinajstić information content (AvgIpc) is 4.01.